The Morgan fingerprint density at radius 2 is 2.00 bits per heavy atom. The number of hydrogen-bond acceptors (Lipinski definition) is 3. The van der Waals surface area contributed by atoms with Gasteiger partial charge >= 0.3 is 11.9 Å². The van der Waals surface area contributed by atoms with E-state index in [2.05, 4.69) is 0 Å². The smallest absolute Gasteiger partial charge is 0.309 e. The van der Waals surface area contributed by atoms with Crippen LogP contribution in [0.4, 0.5) is 0 Å². The minimum atomic E-state index is -0.870. The predicted octanol–water partition coefficient (Wildman–Crippen LogP) is 1.83. The van der Waals surface area contributed by atoms with Crippen LogP contribution in [0.3, 0.4) is 0 Å². The fourth-order valence-corrected chi connectivity index (χ4v) is 1.96. The van der Waals surface area contributed by atoms with Gasteiger partial charge < -0.3 is 9.84 Å². The largest absolute Gasteiger partial charge is 0.481 e. The Balaban J connectivity index is 2.40. The van der Waals surface area contributed by atoms with Crippen molar-refractivity contribution in [1.82, 2.24) is 0 Å². The third kappa shape index (κ3) is 3.22. The molecule has 1 aliphatic rings. The second-order valence-corrected chi connectivity index (χ2v) is 4.00. The van der Waals surface area contributed by atoms with Crippen molar-refractivity contribution in [2.45, 2.75) is 39.0 Å². The van der Waals surface area contributed by atoms with Gasteiger partial charge in [0.2, 0.25) is 0 Å². The summed E-state index contributed by atoms with van der Waals surface area (Å²) in [5.74, 6) is -2.14. The molecule has 0 aromatic rings. The summed E-state index contributed by atoms with van der Waals surface area (Å²) in [6.07, 6.45) is 3.88. The highest BCUT2D eigenvalue weighted by Gasteiger charge is 2.38. The number of hydrogen-bond donors (Lipinski definition) is 1. The van der Waals surface area contributed by atoms with Gasteiger partial charge in [-0.25, -0.2) is 0 Å². The lowest BCUT2D eigenvalue weighted by atomic mass is 9.96. The third-order valence-corrected chi connectivity index (χ3v) is 2.88. The van der Waals surface area contributed by atoms with Gasteiger partial charge in [-0.2, -0.15) is 0 Å². The first-order valence-electron chi connectivity index (χ1n) is 5.56. The molecule has 0 radical (unpaired) electrons. The SMILES string of the molecule is CCCCOC(=O)[C@@H]1CCC[C@@H]1C(=O)O. The molecule has 4 nitrogen and oxygen atoms in total. The van der Waals surface area contributed by atoms with Crippen LogP contribution in [0.2, 0.25) is 0 Å². The van der Waals surface area contributed by atoms with E-state index in [1.54, 1.807) is 0 Å². The molecule has 0 unspecified atom stereocenters. The molecule has 0 aromatic carbocycles. The Labute approximate surface area is 89.6 Å². The van der Waals surface area contributed by atoms with Crippen LogP contribution in [0, 0.1) is 11.8 Å². The Bertz CT molecular complexity index is 237. The predicted molar refractivity (Wildman–Crippen MR) is 54.3 cm³/mol. The van der Waals surface area contributed by atoms with E-state index in [-0.39, 0.29) is 5.97 Å². The molecule has 0 heterocycles. The molecule has 1 rings (SSSR count). The molecule has 1 fully saturated rings. The minimum absolute atomic E-state index is 0.326. The zero-order valence-corrected chi connectivity index (χ0v) is 9.07. The number of carbonyl (C=O) groups excluding carboxylic acids is 1. The Hall–Kier alpha value is -1.06. The Morgan fingerprint density at radius 1 is 1.33 bits per heavy atom. The standard InChI is InChI=1S/C11H18O4/c1-2-3-7-15-11(14)9-6-4-5-8(9)10(12)13/h8-9H,2-7H2,1H3,(H,12,13)/t8-,9+/m0/s1. The Kier molecular flexibility index (Phi) is 4.59. The van der Waals surface area contributed by atoms with Crippen molar-refractivity contribution in [3.8, 4) is 0 Å². The van der Waals surface area contributed by atoms with Crippen LogP contribution in [-0.2, 0) is 14.3 Å². The third-order valence-electron chi connectivity index (χ3n) is 2.88. The van der Waals surface area contributed by atoms with E-state index in [9.17, 15) is 9.59 Å². The van der Waals surface area contributed by atoms with Gasteiger partial charge in [-0.1, -0.05) is 19.8 Å². The summed E-state index contributed by atoms with van der Waals surface area (Å²) in [5, 5.41) is 8.90. The van der Waals surface area contributed by atoms with Gasteiger partial charge in [0, 0.05) is 0 Å². The van der Waals surface area contributed by atoms with Crippen molar-refractivity contribution in [3.05, 3.63) is 0 Å². The van der Waals surface area contributed by atoms with E-state index in [1.807, 2.05) is 6.92 Å². The first-order valence-corrected chi connectivity index (χ1v) is 5.56. The molecular formula is C11H18O4. The maximum atomic E-state index is 11.5. The van der Waals surface area contributed by atoms with E-state index < -0.39 is 17.8 Å². The number of aliphatic carboxylic acids is 1. The maximum absolute atomic E-state index is 11.5. The summed E-state index contributed by atoms with van der Waals surface area (Å²) in [4.78, 5) is 22.4. The average molecular weight is 214 g/mol. The number of ether oxygens (including phenoxy) is 1. The van der Waals surface area contributed by atoms with E-state index in [0.717, 1.165) is 19.3 Å². The molecule has 1 aliphatic carbocycles. The molecule has 86 valence electrons. The highest BCUT2D eigenvalue weighted by Crippen LogP contribution is 2.32. The van der Waals surface area contributed by atoms with Crippen molar-refractivity contribution in [2.75, 3.05) is 6.61 Å². The lowest BCUT2D eigenvalue weighted by Crippen LogP contribution is -2.27. The molecule has 15 heavy (non-hydrogen) atoms. The normalized spacial score (nSPS) is 25.1. The molecule has 0 aliphatic heterocycles. The minimum Gasteiger partial charge on any atom is -0.481 e. The van der Waals surface area contributed by atoms with Crippen molar-refractivity contribution in [1.29, 1.82) is 0 Å². The average Bonchev–Trinajstić information content (AvgIpc) is 2.66. The fourth-order valence-electron chi connectivity index (χ4n) is 1.96. The van der Waals surface area contributed by atoms with Crippen LogP contribution in [-0.4, -0.2) is 23.7 Å². The van der Waals surface area contributed by atoms with Gasteiger partial charge in [0.25, 0.3) is 0 Å². The van der Waals surface area contributed by atoms with Crippen molar-refractivity contribution in [2.24, 2.45) is 11.8 Å². The lowest BCUT2D eigenvalue weighted by Gasteiger charge is -2.14. The number of unbranched alkanes of at least 4 members (excludes halogenated alkanes) is 1. The lowest BCUT2D eigenvalue weighted by molar-refractivity contribution is -0.156. The van der Waals surface area contributed by atoms with Gasteiger partial charge in [-0.05, 0) is 19.3 Å². The molecule has 0 bridgehead atoms. The fraction of sp³-hybridized carbons (Fsp3) is 0.818. The highest BCUT2D eigenvalue weighted by molar-refractivity contribution is 5.81. The number of carboxylic acid groups (broad SMARTS) is 1. The highest BCUT2D eigenvalue weighted by atomic mass is 16.5. The molecule has 1 N–H and O–H groups in total. The molecule has 0 spiro atoms. The molecule has 0 aromatic heterocycles. The van der Waals surface area contributed by atoms with Crippen molar-refractivity contribution < 1.29 is 19.4 Å². The zero-order chi connectivity index (χ0) is 11.3. The van der Waals surface area contributed by atoms with Gasteiger partial charge in [0.15, 0.2) is 0 Å². The van der Waals surface area contributed by atoms with Gasteiger partial charge in [0.1, 0.15) is 0 Å². The van der Waals surface area contributed by atoms with Gasteiger partial charge in [-0.15, -0.1) is 0 Å². The van der Waals surface area contributed by atoms with E-state index in [1.165, 1.54) is 0 Å². The number of carboxylic acids is 1. The molecule has 4 heteroatoms. The van der Waals surface area contributed by atoms with E-state index in [0.29, 0.717) is 19.4 Å². The van der Waals surface area contributed by atoms with Crippen LogP contribution in [0.15, 0.2) is 0 Å². The summed E-state index contributed by atoms with van der Waals surface area (Å²) in [6.45, 7) is 2.43. The molecule has 0 amide bonds. The van der Waals surface area contributed by atoms with Crippen LogP contribution in [0.25, 0.3) is 0 Å². The molecule has 1 saturated carbocycles. The van der Waals surface area contributed by atoms with E-state index >= 15 is 0 Å². The second-order valence-electron chi connectivity index (χ2n) is 4.00. The second kappa shape index (κ2) is 5.73. The summed E-state index contributed by atoms with van der Waals surface area (Å²) in [6, 6.07) is 0. The number of rotatable bonds is 5. The summed E-state index contributed by atoms with van der Waals surface area (Å²) in [7, 11) is 0. The Morgan fingerprint density at radius 3 is 2.60 bits per heavy atom. The van der Waals surface area contributed by atoms with Crippen molar-refractivity contribution >= 4 is 11.9 Å². The zero-order valence-electron chi connectivity index (χ0n) is 9.07. The quantitative estimate of drug-likeness (QED) is 0.560. The summed E-state index contributed by atoms with van der Waals surface area (Å²) < 4.78 is 5.04. The van der Waals surface area contributed by atoms with Crippen LogP contribution >= 0.6 is 0 Å². The summed E-state index contributed by atoms with van der Waals surface area (Å²) in [5.41, 5.74) is 0. The summed E-state index contributed by atoms with van der Waals surface area (Å²) >= 11 is 0. The molecule has 0 saturated heterocycles. The first-order chi connectivity index (χ1) is 7.16. The van der Waals surface area contributed by atoms with Gasteiger partial charge in [-0.3, -0.25) is 9.59 Å². The van der Waals surface area contributed by atoms with E-state index in [4.69, 9.17) is 9.84 Å². The molecule has 2 atom stereocenters. The van der Waals surface area contributed by atoms with Crippen LogP contribution in [0.1, 0.15) is 39.0 Å². The monoisotopic (exact) mass is 214 g/mol. The number of carbonyl (C=O) groups is 2. The maximum Gasteiger partial charge on any atom is 0.309 e. The van der Waals surface area contributed by atoms with Crippen molar-refractivity contribution in [3.63, 3.8) is 0 Å². The van der Waals surface area contributed by atoms with Gasteiger partial charge in [0.05, 0.1) is 18.4 Å². The topological polar surface area (TPSA) is 63.6 Å². The first kappa shape index (κ1) is 12.0. The number of esters is 1. The van der Waals surface area contributed by atoms with Crippen LogP contribution in [0.5, 0.6) is 0 Å². The molecular weight excluding hydrogens is 196 g/mol. The van der Waals surface area contributed by atoms with Crippen LogP contribution < -0.4 is 0 Å².